The zero-order chi connectivity index (χ0) is 18.4. The number of hydrogen-bond acceptors (Lipinski definition) is 1. The minimum atomic E-state index is -6.25. The van der Waals surface area contributed by atoms with E-state index in [0.29, 0.717) is 0 Å². The fourth-order valence-electron chi connectivity index (χ4n) is 1.81. The number of halogens is 11. The van der Waals surface area contributed by atoms with E-state index in [1.807, 2.05) is 0 Å². The van der Waals surface area contributed by atoms with Gasteiger partial charge in [-0.2, -0.15) is 44.8 Å². The van der Waals surface area contributed by atoms with Crippen LogP contribution in [0.15, 0.2) is 0 Å². The number of rotatable bonds is 1. The third-order valence-corrected chi connectivity index (χ3v) is 2.58. The van der Waals surface area contributed by atoms with E-state index >= 15 is 0 Å². The first-order valence-electron chi connectivity index (χ1n) is 5.26. The Balaban J connectivity index is 4.15. The Morgan fingerprint density at radius 2 is 1.00 bits per heavy atom. The van der Waals surface area contributed by atoms with Crippen molar-refractivity contribution in [2.45, 2.75) is 24.9 Å². The van der Waals surface area contributed by atoms with Crippen molar-refractivity contribution < 1.29 is 48.3 Å². The summed E-state index contributed by atoms with van der Waals surface area (Å²) in [4.78, 5) is 0. The highest BCUT2D eigenvalue weighted by atomic mass is 19.4. The summed E-state index contributed by atoms with van der Waals surface area (Å²) < 4.78 is 141. The third-order valence-electron chi connectivity index (χ3n) is 2.58. The molecule has 0 N–H and O–H groups in total. The van der Waals surface area contributed by atoms with E-state index in [2.05, 4.69) is 0 Å². The first kappa shape index (κ1) is 19.0. The molecule has 0 aliphatic carbocycles. The summed E-state index contributed by atoms with van der Waals surface area (Å²) in [5.41, 5.74) is -11.7. The van der Waals surface area contributed by atoms with Crippen LogP contribution in [0.5, 0.6) is 0 Å². The lowest BCUT2D eigenvalue weighted by molar-refractivity contribution is -0.168. The molecule has 0 unspecified atom stereocenters. The predicted molar refractivity (Wildman–Crippen MR) is 50.7 cm³/mol. The topological polar surface area (TPSA) is 23.8 Å². The number of benzene rings is 1. The molecule has 0 amide bonds. The Labute approximate surface area is 119 Å². The number of nitrogens with zero attached hydrogens (tertiary/aromatic N) is 1. The van der Waals surface area contributed by atoms with Gasteiger partial charge >= 0.3 is 18.5 Å². The Hall–Kier alpha value is -2.06. The van der Waals surface area contributed by atoms with Gasteiger partial charge < -0.3 is 0 Å². The van der Waals surface area contributed by atoms with Crippen molar-refractivity contribution in [2.24, 2.45) is 0 Å². The molecule has 23 heavy (non-hydrogen) atoms. The van der Waals surface area contributed by atoms with Crippen LogP contribution in [0.4, 0.5) is 48.3 Å². The second-order valence-corrected chi connectivity index (χ2v) is 4.06. The summed E-state index contributed by atoms with van der Waals surface area (Å²) in [6.07, 6.45) is -20.0. The van der Waals surface area contributed by atoms with Crippen molar-refractivity contribution in [3.8, 4) is 6.07 Å². The monoisotopic (exact) mass is 357 g/mol. The molecule has 1 nitrogen and oxygen atoms in total. The average Bonchev–Trinajstić information content (AvgIpc) is 2.28. The molecule has 0 aliphatic rings. The lowest BCUT2D eigenvalue weighted by Gasteiger charge is -2.22. The molecule has 0 heterocycles. The van der Waals surface area contributed by atoms with Gasteiger partial charge in [-0.05, 0) is 0 Å². The average molecular weight is 357 g/mol. The zero-order valence-corrected chi connectivity index (χ0v) is 10.3. The van der Waals surface area contributed by atoms with Gasteiger partial charge in [-0.25, -0.2) is 8.78 Å². The number of alkyl halides is 9. The van der Waals surface area contributed by atoms with Gasteiger partial charge in [0.15, 0.2) is 0 Å². The Morgan fingerprint density at radius 3 is 1.30 bits per heavy atom. The lowest BCUT2D eigenvalue weighted by atomic mass is 9.93. The van der Waals surface area contributed by atoms with Gasteiger partial charge in [-0.15, -0.1) is 0 Å². The summed E-state index contributed by atoms with van der Waals surface area (Å²) in [5, 5.41) is 8.24. The molecule has 0 aromatic heterocycles. The zero-order valence-electron chi connectivity index (χ0n) is 10.3. The van der Waals surface area contributed by atoms with Crippen LogP contribution in [0.2, 0.25) is 0 Å². The Bertz CT molecular complexity index is 657. The van der Waals surface area contributed by atoms with Crippen LogP contribution in [-0.4, -0.2) is 0 Å². The molecule has 0 radical (unpaired) electrons. The van der Waals surface area contributed by atoms with Gasteiger partial charge in [0.05, 0.1) is 18.1 Å². The largest absolute Gasteiger partial charge is 0.419 e. The summed E-state index contributed by atoms with van der Waals surface area (Å²) in [6, 6.07) is 0.846. The molecule has 1 rings (SSSR count). The maximum absolute atomic E-state index is 13.7. The van der Waals surface area contributed by atoms with Crippen LogP contribution >= 0.6 is 0 Å². The van der Waals surface area contributed by atoms with Crippen LogP contribution in [0.3, 0.4) is 0 Å². The van der Waals surface area contributed by atoms with E-state index < -0.39 is 58.8 Å². The van der Waals surface area contributed by atoms with E-state index in [9.17, 15) is 48.3 Å². The molecule has 0 fully saturated rings. The van der Waals surface area contributed by atoms with Gasteiger partial charge in [0.2, 0.25) is 0 Å². The van der Waals surface area contributed by atoms with Crippen molar-refractivity contribution in [1.82, 2.24) is 0 Å². The highest BCUT2D eigenvalue weighted by Gasteiger charge is 2.52. The van der Waals surface area contributed by atoms with Gasteiger partial charge in [-0.1, -0.05) is 0 Å². The number of hydrogen-bond donors (Lipinski definition) is 0. The van der Waals surface area contributed by atoms with E-state index in [4.69, 9.17) is 5.26 Å². The summed E-state index contributed by atoms with van der Waals surface area (Å²) in [7, 11) is 0. The first-order valence-corrected chi connectivity index (χ1v) is 5.26. The molecule has 0 saturated carbocycles. The minimum Gasteiger partial charge on any atom is -0.206 e. The first-order chi connectivity index (χ1) is 10.1. The highest BCUT2D eigenvalue weighted by molar-refractivity contribution is 5.46. The SMILES string of the molecule is N#CCc1c(F)c(C(F)(F)F)c(C(F)(F)F)c(F)c1C(F)(F)F. The number of nitriles is 1. The fourth-order valence-corrected chi connectivity index (χ4v) is 1.81. The highest BCUT2D eigenvalue weighted by Crippen LogP contribution is 2.48. The standard InChI is InChI=1S/C11H2F11N/c12-7-3(1-2-23)4(9(14,15)16)8(13)6(11(20,21)22)5(7)10(17,18)19/h1H2. The normalized spacial score (nSPS) is 13.1. The van der Waals surface area contributed by atoms with Gasteiger partial charge in [-0.3, -0.25) is 0 Å². The van der Waals surface area contributed by atoms with E-state index in [0.717, 1.165) is 6.07 Å². The van der Waals surface area contributed by atoms with Gasteiger partial charge in [0, 0.05) is 5.56 Å². The molecule has 1 aromatic rings. The van der Waals surface area contributed by atoms with Crippen LogP contribution in [0.1, 0.15) is 22.3 Å². The van der Waals surface area contributed by atoms with Gasteiger partial charge in [0.1, 0.15) is 22.8 Å². The van der Waals surface area contributed by atoms with E-state index in [-0.39, 0.29) is 0 Å². The molecule has 12 heteroatoms. The summed E-state index contributed by atoms with van der Waals surface area (Å²) in [5.74, 6) is -6.32. The molecule has 128 valence electrons. The van der Waals surface area contributed by atoms with Crippen molar-refractivity contribution in [3.05, 3.63) is 33.9 Å². The van der Waals surface area contributed by atoms with Crippen LogP contribution in [0, 0.1) is 23.0 Å². The molecule has 0 bridgehead atoms. The minimum absolute atomic E-state index is 0.846. The Kier molecular flexibility index (Phi) is 4.57. The summed E-state index contributed by atoms with van der Waals surface area (Å²) >= 11 is 0. The molecular weight excluding hydrogens is 355 g/mol. The predicted octanol–water partition coefficient (Wildman–Crippen LogP) is 5.09. The molecule has 0 spiro atoms. The lowest BCUT2D eigenvalue weighted by Crippen LogP contribution is -2.26. The maximum atomic E-state index is 13.7. The second kappa shape index (κ2) is 5.54. The smallest absolute Gasteiger partial charge is 0.206 e. The second-order valence-electron chi connectivity index (χ2n) is 4.06. The maximum Gasteiger partial charge on any atom is 0.419 e. The van der Waals surface area contributed by atoms with E-state index in [1.54, 1.807) is 0 Å². The summed E-state index contributed by atoms with van der Waals surface area (Å²) in [6.45, 7) is 0. The van der Waals surface area contributed by atoms with Crippen LogP contribution in [-0.2, 0) is 24.9 Å². The molecular formula is C11H2F11N. The van der Waals surface area contributed by atoms with Crippen molar-refractivity contribution >= 4 is 0 Å². The quantitative estimate of drug-likeness (QED) is 0.643. The Morgan fingerprint density at radius 1 is 0.652 bits per heavy atom. The molecule has 0 aliphatic heterocycles. The van der Waals surface area contributed by atoms with Crippen molar-refractivity contribution in [1.29, 1.82) is 5.26 Å². The molecule has 0 saturated heterocycles. The molecule has 1 aromatic carbocycles. The van der Waals surface area contributed by atoms with E-state index in [1.165, 1.54) is 0 Å². The van der Waals surface area contributed by atoms with Crippen LogP contribution in [0.25, 0.3) is 0 Å². The third kappa shape index (κ3) is 3.48. The fraction of sp³-hybridized carbons (Fsp3) is 0.364. The van der Waals surface area contributed by atoms with Crippen molar-refractivity contribution in [3.63, 3.8) is 0 Å². The molecule has 0 atom stereocenters. The van der Waals surface area contributed by atoms with Gasteiger partial charge in [0.25, 0.3) is 0 Å². The van der Waals surface area contributed by atoms with Crippen LogP contribution < -0.4 is 0 Å². The van der Waals surface area contributed by atoms with Crippen molar-refractivity contribution in [2.75, 3.05) is 0 Å².